The number of hydrogen-bond donors (Lipinski definition) is 0. The van der Waals surface area contributed by atoms with Crippen molar-refractivity contribution in [2.45, 2.75) is 0 Å². The summed E-state index contributed by atoms with van der Waals surface area (Å²) in [6.45, 7) is 0. The van der Waals surface area contributed by atoms with Crippen LogP contribution in [0.1, 0.15) is 0 Å². The molecule has 0 spiro atoms. The quantitative estimate of drug-likeness (QED) is 0.511. The van der Waals surface area contributed by atoms with E-state index in [0.29, 0.717) is 5.82 Å². The number of pyridine rings is 1. The van der Waals surface area contributed by atoms with Crippen molar-refractivity contribution >= 4 is 27.4 Å². The number of benzene rings is 1. The Kier molecular flexibility index (Phi) is 4.13. The zero-order valence-corrected chi connectivity index (χ0v) is 14.7. The fraction of sp³-hybridized carbons (Fsp3) is 0.105. The zero-order valence-electron chi connectivity index (χ0n) is 13.9. The molecule has 0 aliphatic heterocycles. The molecule has 0 saturated heterocycles. The number of fused-ring (bicyclic) bond motifs is 1. The summed E-state index contributed by atoms with van der Waals surface area (Å²) in [6.07, 6.45) is 1.74. The molecule has 0 atom stereocenters. The highest BCUT2D eigenvalue weighted by molar-refractivity contribution is 7.17. The van der Waals surface area contributed by atoms with Crippen LogP contribution in [-0.2, 0) is 4.84 Å². The molecule has 0 fully saturated rings. The fourth-order valence-electron chi connectivity index (χ4n) is 2.68. The minimum absolute atomic E-state index is 0.591. The normalized spacial score (nSPS) is 11.0. The molecule has 5 nitrogen and oxygen atoms in total. The van der Waals surface area contributed by atoms with Gasteiger partial charge in [-0.15, -0.1) is 11.3 Å². The Morgan fingerprint density at radius 1 is 1.00 bits per heavy atom. The minimum atomic E-state index is 0.591. The van der Waals surface area contributed by atoms with E-state index in [-0.39, 0.29) is 0 Å². The van der Waals surface area contributed by atoms with E-state index in [9.17, 15) is 0 Å². The van der Waals surface area contributed by atoms with Gasteiger partial charge in [-0.1, -0.05) is 36.4 Å². The van der Waals surface area contributed by atoms with E-state index in [0.717, 1.165) is 32.9 Å². The second kappa shape index (κ2) is 6.58. The maximum Gasteiger partial charge on any atom is 0.181 e. The lowest BCUT2D eigenvalue weighted by molar-refractivity contribution is 0.183. The molecule has 0 radical (unpaired) electrons. The van der Waals surface area contributed by atoms with Crippen LogP contribution in [0.3, 0.4) is 0 Å². The van der Waals surface area contributed by atoms with Crippen LogP contribution in [0, 0.1) is 0 Å². The summed E-state index contributed by atoms with van der Waals surface area (Å²) in [5.41, 5.74) is 2.98. The predicted molar refractivity (Wildman–Crippen MR) is 101 cm³/mol. The van der Waals surface area contributed by atoms with E-state index in [1.807, 2.05) is 43.4 Å². The number of aromatic nitrogens is 3. The molecule has 0 bridgehead atoms. The third-order valence-corrected chi connectivity index (χ3v) is 4.84. The summed E-state index contributed by atoms with van der Waals surface area (Å²) in [5, 5.41) is 4.76. The summed E-state index contributed by atoms with van der Waals surface area (Å²) in [5.74, 6) is 1.32. The van der Waals surface area contributed by atoms with Gasteiger partial charge in [0.05, 0.1) is 12.5 Å². The topological polar surface area (TPSA) is 51.1 Å². The standard InChI is InChI=1S/C19H16N4OS/c1-23(24-2)18-16-14(13-8-4-3-5-9-13)12-25-19(16)22-17(21-18)15-10-6-7-11-20-15/h3-12H,1-2H3. The number of anilines is 1. The van der Waals surface area contributed by atoms with Crippen LogP contribution in [-0.4, -0.2) is 29.1 Å². The Balaban J connectivity index is 1.98. The lowest BCUT2D eigenvalue weighted by Gasteiger charge is -2.17. The van der Waals surface area contributed by atoms with E-state index < -0.39 is 0 Å². The molecule has 0 amide bonds. The Labute approximate surface area is 149 Å². The average molecular weight is 348 g/mol. The van der Waals surface area contributed by atoms with Crippen LogP contribution in [0.25, 0.3) is 32.9 Å². The van der Waals surface area contributed by atoms with Gasteiger partial charge in [0.2, 0.25) is 0 Å². The van der Waals surface area contributed by atoms with E-state index >= 15 is 0 Å². The molecule has 25 heavy (non-hydrogen) atoms. The van der Waals surface area contributed by atoms with Crippen LogP contribution < -0.4 is 5.06 Å². The number of nitrogens with zero attached hydrogens (tertiary/aromatic N) is 4. The molecule has 3 heterocycles. The van der Waals surface area contributed by atoms with E-state index in [1.54, 1.807) is 29.7 Å². The molecule has 4 aromatic rings. The first-order chi connectivity index (χ1) is 12.3. The van der Waals surface area contributed by atoms with Gasteiger partial charge in [-0.2, -0.15) is 0 Å². The number of thiophene rings is 1. The first kappa shape index (κ1) is 15.7. The van der Waals surface area contributed by atoms with E-state index in [2.05, 4.69) is 22.5 Å². The maximum atomic E-state index is 5.42. The van der Waals surface area contributed by atoms with Crippen LogP contribution in [0.5, 0.6) is 0 Å². The van der Waals surface area contributed by atoms with Gasteiger partial charge in [-0.25, -0.2) is 15.0 Å². The molecule has 6 heteroatoms. The van der Waals surface area contributed by atoms with E-state index in [4.69, 9.17) is 14.8 Å². The van der Waals surface area contributed by atoms with Crippen molar-refractivity contribution in [2.75, 3.05) is 19.2 Å². The maximum absolute atomic E-state index is 5.42. The van der Waals surface area contributed by atoms with Gasteiger partial charge >= 0.3 is 0 Å². The van der Waals surface area contributed by atoms with Crippen molar-refractivity contribution in [2.24, 2.45) is 0 Å². The van der Waals surface area contributed by atoms with Gasteiger partial charge in [0.1, 0.15) is 10.5 Å². The average Bonchev–Trinajstić information content (AvgIpc) is 3.12. The lowest BCUT2D eigenvalue weighted by atomic mass is 10.1. The molecular formula is C19H16N4OS. The van der Waals surface area contributed by atoms with Crippen LogP contribution >= 0.6 is 11.3 Å². The lowest BCUT2D eigenvalue weighted by Crippen LogP contribution is -2.17. The summed E-state index contributed by atoms with van der Waals surface area (Å²) in [6, 6.07) is 16.0. The Hall–Kier alpha value is -2.83. The molecular weight excluding hydrogens is 332 g/mol. The summed E-state index contributed by atoms with van der Waals surface area (Å²) < 4.78 is 0. The summed E-state index contributed by atoms with van der Waals surface area (Å²) in [7, 11) is 3.47. The van der Waals surface area contributed by atoms with Gasteiger partial charge in [-0.3, -0.25) is 9.82 Å². The first-order valence-electron chi connectivity index (χ1n) is 7.82. The Morgan fingerprint density at radius 2 is 1.80 bits per heavy atom. The zero-order chi connectivity index (χ0) is 17.2. The minimum Gasteiger partial charge on any atom is -0.276 e. The molecule has 0 saturated carbocycles. The van der Waals surface area contributed by atoms with Crippen molar-refractivity contribution in [3.05, 3.63) is 60.1 Å². The molecule has 4 rings (SSSR count). The van der Waals surface area contributed by atoms with Gasteiger partial charge < -0.3 is 0 Å². The Morgan fingerprint density at radius 3 is 2.52 bits per heavy atom. The summed E-state index contributed by atoms with van der Waals surface area (Å²) >= 11 is 1.60. The SMILES string of the molecule is CON(C)c1nc(-c2ccccn2)nc2scc(-c3ccccc3)c12. The smallest absolute Gasteiger partial charge is 0.181 e. The predicted octanol–water partition coefficient (Wildman–Crippen LogP) is 4.42. The monoisotopic (exact) mass is 348 g/mol. The van der Waals surface area contributed by atoms with Crippen molar-refractivity contribution in [3.63, 3.8) is 0 Å². The van der Waals surface area contributed by atoms with Crippen molar-refractivity contribution in [3.8, 4) is 22.6 Å². The fourth-order valence-corrected chi connectivity index (χ4v) is 3.62. The summed E-state index contributed by atoms with van der Waals surface area (Å²) in [4.78, 5) is 20.2. The van der Waals surface area contributed by atoms with Gasteiger partial charge in [0.25, 0.3) is 0 Å². The first-order valence-corrected chi connectivity index (χ1v) is 8.70. The second-order valence-electron chi connectivity index (χ2n) is 5.46. The number of hydrogen-bond acceptors (Lipinski definition) is 6. The molecule has 0 aliphatic rings. The van der Waals surface area contributed by atoms with Crippen LogP contribution in [0.4, 0.5) is 5.82 Å². The molecule has 3 aromatic heterocycles. The molecule has 1 aromatic carbocycles. The highest BCUT2D eigenvalue weighted by Crippen LogP contribution is 2.38. The number of rotatable bonds is 4. The molecule has 124 valence electrons. The molecule has 0 N–H and O–H groups in total. The number of hydroxylamine groups is 1. The van der Waals surface area contributed by atoms with Crippen LogP contribution in [0.15, 0.2) is 60.1 Å². The largest absolute Gasteiger partial charge is 0.276 e. The van der Waals surface area contributed by atoms with Crippen molar-refractivity contribution in [1.29, 1.82) is 0 Å². The third-order valence-electron chi connectivity index (χ3n) is 3.97. The van der Waals surface area contributed by atoms with Gasteiger partial charge in [0.15, 0.2) is 11.6 Å². The van der Waals surface area contributed by atoms with Gasteiger partial charge in [0, 0.05) is 24.2 Å². The van der Waals surface area contributed by atoms with Crippen molar-refractivity contribution < 1.29 is 4.84 Å². The molecule has 0 unspecified atom stereocenters. The third kappa shape index (κ3) is 2.86. The highest BCUT2D eigenvalue weighted by atomic mass is 32.1. The highest BCUT2D eigenvalue weighted by Gasteiger charge is 2.19. The van der Waals surface area contributed by atoms with Crippen molar-refractivity contribution in [1.82, 2.24) is 15.0 Å². The molecule has 0 aliphatic carbocycles. The Bertz CT molecular complexity index is 1000. The van der Waals surface area contributed by atoms with Crippen LogP contribution in [0.2, 0.25) is 0 Å². The van der Waals surface area contributed by atoms with Gasteiger partial charge in [-0.05, 0) is 17.7 Å². The van der Waals surface area contributed by atoms with E-state index in [1.165, 1.54) is 0 Å². The second-order valence-corrected chi connectivity index (χ2v) is 6.32.